The molecule has 1 atom stereocenters. The summed E-state index contributed by atoms with van der Waals surface area (Å²) in [5.74, 6) is 1.09. The Morgan fingerprint density at radius 1 is 1.50 bits per heavy atom. The van der Waals surface area contributed by atoms with Crippen molar-refractivity contribution in [1.82, 2.24) is 4.90 Å². The molecule has 2 N–H and O–H groups in total. The second-order valence-electron chi connectivity index (χ2n) is 4.84. The number of hydrogen-bond donors (Lipinski definition) is 1. The van der Waals surface area contributed by atoms with Gasteiger partial charge in [0.1, 0.15) is 12.4 Å². The third-order valence-corrected chi connectivity index (χ3v) is 3.53. The average molecular weight is 299 g/mol. The van der Waals surface area contributed by atoms with Crippen molar-refractivity contribution in [2.24, 2.45) is 11.7 Å². The number of likely N-dealkylation sites (N-methyl/N-ethyl adjacent to an activating group) is 1. The van der Waals surface area contributed by atoms with Crippen molar-refractivity contribution >= 4 is 17.5 Å². The highest BCUT2D eigenvalue weighted by molar-refractivity contribution is 6.30. The summed E-state index contributed by atoms with van der Waals surface area (Å²) in [6, 6.07) is 7.22. The topological polar surface area (TPSA) is 55.6 Å². The van der Waals surface area contributed by atoms with E-state index in [0.717, 1.165) is 6.42 Å². The highest BCUT2D eigenvalue weighted by Gasteiger charge is 2.14. The lowest BCUT2D eigenvalue weighted by Crippen LogP contribution is -2.33. The minimum atomic E-state index is 0.108. The summed E-state index contributed by atoms with van der Waals surface area (Å²) < 4.78 is 5.56. The van der Waals surface area contributed by atoms with Gasteiger partial charge in [0, 0.05) is 18.5 Å². The lowest BCUT2D eigenvalue weighted by molar-refractivity contribution is -0.131. The van der Waals surface area contributed by atoms with Crippen LogP contribution in [0.5, 0.6) is 5.75 Å². The van der Waals surface area contributed by atoms with Gasteiger partial charge in [0.05, 0.1) is 6.54 Å². The molecule has 1 rings (SSSR count). The summed E-state index contributed by atoms with van der Waals surface area (Å²) in [6.45, 7) is 3.59. The van der Waals surface area contributed by atoms with Gasteiger partial charge < -0.3 is 15.4 Å². The van der Waals surface area contributed by atoms with E-state index >= 15 is 0 Å². The Hall–Kier alpha value is -1.26. The summed E-state index contributed by atoms with van der Waals surface area (Å²) in [6.07, 6.45) is 1.43. The van der Waals surface area contributed by atoms with E-state index < -0.39 is 0 Å². The fourth-order valence-corrected chi connectivity index (χ4v) is 1.96. The summed E-state index contributed by atoms with van der Waals surface area (Å²) in [5.41, 5.74) is 5.61. The number of carbonyl (C=O) groups excluding carboxylic acids is 1. The van der Waals surface area contributed by atoms with E-state index in [4.69, 9.17) is 22.1 Å². The van der Waals surface area contributed by atoms with Crippen LogP contribution in [0.4, 0.5) is 0 Å². The Labute approximate surface area is 125 Å². The normalized spacial score (nSPS) is 12.0. The first-order valence-electron chi connectivity index (χ1n) is 6.89. The van der Waals surface area contributed by atoms with Crippen LogP contribution in [0.15, 0.2) is 24.3 Å². The maximum atomic E-state index is 12.0. The maximum Gasteiger partial charge on any atom is 0.222 e. The molecule has 0 aliphatic rings. The molecular formula is C15H23ClN2O2. The number of hydrogen-bond acceptors (Lipinski definition) is 3. The molecule has 1 unspecified atom stereocenters. The van der Waals surface area contributed by atoms with Crippen molar-refractivity contribution in [3.8, 4) is 5.75 Å². The lowest BCUT2D eigenvalue weighted by Gasteiger charge is -2.20. The Bertz CT molecular complexity index is 422. The van der Waals surface area contributed by atoms with Gasteiger partial charge in [-0.25, -0.2) is 0 Å². The highest BCUT2D eigenvalue weighted by atomic mass is 35.5. The maximum absolute atomic E-state index is 12.0. The molecular weight excluding hydrogens is 276 g/mol. The quantitative estimate of drug-likeness (QED) is 0.802. The van der Waals surface area contributed by atoms with Gasteiger partial charge in [0.25, 0.3) is 0 Å². The highest BCUT2D eigenvalue weighted by Crippen LogP contribution is 2.17. The number of halogens is 1. The van der Waals surface area contributed by atoms with Crippen molar-refractivity contribution in [3.05, 3.63) is 29.3 Å². The first-order chi connectivity index (χ1) is 9.56. The Balaban J connectivity index is 2.32. The molecule has 0 bridgehead atoms. The summed E-state index contributed by atoms with van der Waals surface area (Å²) in [7, 11) is 1.78. The van der Waals surface area contributed by atoms with E-state index in [-0.39, 0.29) is 11.8 Å². The summed E-state index contributed by atoms with van der Waals surface area (Å²) in [4.78, 5) is 13.6. The van der Waals surface area contributed by atoms with Crippen LogP contribution in [0.25, 0.3) is 0 Å². The molecule has 5 heteroatoms. The van der Waals surface area contributed by atoms with Gasteiger partial charge in [-0.15, -0.1) is 0 Å². The van der Waals surface area contributed by atoms with E-state index in [0.29, 0.717) is 36.9 Å². The minimum absolute atomic E-state index is 0.108. The number of amides is 1. The zero-order chi connectivity index (χ0) is 15.0. The van der Waals surface area contributed by atoms with Crippen LogP contribution < -0.4 is 10.5 Å². The minimum Gasteiger partial charge on any atom is -0.492 e. The molecule has 0 saturated heterocycles. The Morgan fingerprint density at radius 2 is 2.25 bits per heavy atom. The van der Waals surface area contributed by atoms with Gasteiger partial charge >= 0.3 is 0 Å². The van der Waals surface area contributed by atoms with Gasteiger partial charge in [-0.2, -0.15) is 0 Å². The van der Waals surface area contributed by atoms with Gasteiger partial charge in [-0.05, 0) is 30.7 Å². The van der Waals surface area contributed by atoms with Crippen LogP contribution in [-0.2, 0) is 4.79 Å². The van der Waals surface area contributed by atoms with Crippen molar-refractivity contribution in [2.75, 3.05) is 26.7 Å². The Morgan fingerprint density at radius 3 is 2.85 bits per heavy atom. The molecule has 0 aromatic heterocycles. The number of ether oxygens (including phenoxy) is 1. The van der Waals surface area contributed by atoms with Crippen LogP contribution in [0, 0.1) is 5.92 Å². The molecule has 0 heterocycles. The zero-order valence-electron chi connectivity index (χ0n) is 12.1. The molecule has 20 heavy (non-hydrogen) atoms. The largest absolute Gasteiger partial charge is 0.492 e. The van der Waals surface area contributed by atoms with Crippen LogP contribution in [0.3, 0.4) is 0 Å². The summed E-state index contributed by atoms with van der Waals surface area (Å²) in [5, 5.41) is 0.640. The average Bonchev–Trinajstić information content (AvgIpc) is 2.44. The number of nitrogens with zero attached hydrogens (tertiary/aromatic N) is 1. The van der Waals surface area contributed by atoms with E-state index in [1.807, 2.05) is 19.1 Å². The summed E-state index contributed by atoms with van der Waals surface area (Å²) >= 11 is 5.87. The predicted molar refractivity (Wildman–Crippen MR) is 82.0 cm³/mol. The predicted octanol–water partition coefficient (Wildman–Crippen LogP) is 2.55. The number of rotatable bonds is 8. The second kappa shape index (κ2) is 8.82. The fourth-order valence-electron chi connectivity index (χ4n) is 1.78. The van der Waals surface area contributed by atoms with Crippen molar-refractivity contribution < 1.29 is 9.53 Å². The first-order valence-corrected chi connectivity index (χ1v) is 7.27. The van der Waals surface area contributed by atoms with Crippen LogP contribution >= 0.6 is 11.6 Å². The standard InChI is InChI=1S/C15H23ClN2O2/c1-3-12(11-17)9-15(19)18(2)7-8-20-14-6-4-5-13(16)10-14/h4-6,10,12H,3,7-9,11,17H2,1-2H3. The van der Waals surface area contributed by atoms with Gasteiger partial charge in [-0.1, -0.05) is 31.0 Å². The molecule has 0 radical (unpaired) electrons. The SMILES string of the molecule is CCC(CN)CC(=O)N(C)CCOc1cccc(Cl)c1. The smallest absolute Gasteiger partial charge is 0.222 e. The second-order valence-corrected chi connectivity index (χ2v) is 5.27. The fraction of sp³-hybridized carbons (Fsp3) is 0.533. The van der Waals surface area contributed by atoms with E-state index in [1.165, 1.54) is 0 Å². The van der Waals surface area contributed by atoms with Crippen molar-refractivity contribution in [1.29, 1.82) is 0 Å². The molecule has 0 spiro atoms. The molecule has 4 nitrogen and oxygen atoms in total. The first kappa shape index (κ1) is 16.8. The van der Waals surface area contributed by atoms with E-state index in [2.05, 4.69) is 0 Å². The van der Waals surface area contributed by atoms with Crippen LogP contribution in [-0.4, -0.2) is 37.6 Å². The lowest BCUT2D eigenvalue weighted by atomic mass is 10.0. The van der Waals surface area contributed by atoms with Gasteiger partial charge in [0.15, 0.2) is 0 Å². The number of benzene rings is 1. The molecule has 1 aromatic carbocycles. The van der Waals surface area contributed by atoms with Crippen LogP contribution in [0.2, 0.25) is 5.02 Å². The van der Waals surface area contributed by atoms with Gasteiger partial charge in [-0.3, -0.25) is 4.79 Å². The molecule has 0 fully saturated rings. The number of nitrogens with two attached hydrogens (primary N) is 1. The number of carbonyl (C=O) groups is 1. The molecule has 0 saturated carbocycles. The third kappa shape index (κ3) is 5.80. The van der Waals surface area contributed by atoms with Gasteiger partial charge in [0.2, 0.25) is 5.91 Å². The molecule has 0 aliphatic heterocycles. The molecule has 0 aliphatic carbocycles. The van der Waals surface area contributed by atoms with Crippen LogP contribution in [0.1, 0.15) is 19.8 Å². The molecule has 1 amide bonds. The van der Waals surface area contributed by atoms with Crippen molar-refractivity contribution in [2.45, 2.75) is 19.8 Å². The zero-order valence-corrected chi connectivity index (χ0v) is 12.9. The van der Waals surface area contributed by atoms with E-state index in [1.54, 1.807) is 24.1 Å². The Kier molecular flexibility index (Phi) is 7.41. The molecule has 1 aromatic rings. The monoisotopic (exact) mass is 298 g/mol. The van der Waals surface area contributed by atoms with E-state index in [9.17, 15) is 4.79 Å². The van der Waals surface area contributed by atoms with Crippen molar-refractivity contribution in [3.63, 3.8) is 0 Å². The molecule has 112 valence electrons. The third-order valence-electron chi connectivity index (χ3n) is 3.29.